The number of carbonyl (C=O) groups excluding carboxylic acids is 2. The molecule has 1 heterocycles. The summed E-state index contributed by atoms with van der Waals surface area (Å²) in [5, 5.41) is 12.1. The number of rotatable bonds is 6. The van der Waals surface area contributed by atoms with Gasteiger partial charge >= 0.3 is 6.03 Å². The van der Waals surface area contributed by atoms with Crippen molar-refractivity contribution in [1.29, 1.82) is 0 Å². The molecule has 0 aliphatic carbocycles. The highest BCUT2D eigenvalue weighted by molar-refractivity contribution is 5.91. The Balaban J connectivity index is 1.61. The van der Waals surface area contributed by atoms with E-state index in [-0.39, 0.29) is 24.9 Å². The average Bonchev–Trinajstić information content (AvgIpc) is 2.92. The molecule has 22 heavy (non-hydrogen) atoms. The average molecular weight is 301 g/mol. The Morgan fingerprint density at radius 2 is 1.95 bits per heavy atom. The van der Waals surface area contributed by atoms with Crippen molar-refractivity contribution in [2.24, 2.45) is 7.05 Å². The molecular formula is C15H19N5O2. The van der Waals surface area contributed by atoms with E-state index >= 15 is 0 Å². The molecule has 1 aromatic carbocycles. The third-order valence-electron chi connectivity index (χ3n) is 2.91. The fraction of sp³-hybridized carbons (Fsp3) is 0.267. The molecular weight excluding hydrogens is 282 g/mol. The number of para-hydroxylation sites is 1. The lowest BCUT2D eigenvalue weighted by molar-refractivity contribution is -0.116. The molecule has 7 heteroatoms. The highest BCUT2D eigenvalue weighted by Gasteiger charge is 2.05. The summed E-state index contributed by atoms with van der Waals surface area (Å²) in [6.07, 6.45) is 3.73. The third kappa shape index (κ3) is 5.28. The molecule has 0 radical (unpaired) electrons. The highest BCUT2D eigenvalue weighted by atomic mass is 16.2. The van der Waals surface area contributed by atoms with Gasteiger partial charge in [-0.15, -0.1) is 0 Å². The Morgan fingerprint density at radius 1 is 1.18 bits per heavy atom. The maximum absolute atomic E-state index is 11.7. The van der Waals surface area contributed by atoms with Gasteiger partial charge in [-0.05, 0) is 12.1 Å². The summed E-state index contributed by atoms with van der Waals surface area (Å²) in [7, 11) is 1.81. The number of hydrogen-bond acceptors (Lipinski definition) is 3. The zero-order chi connectivity index (χ0) is 15.8. The molecule has 0 atom stereocenters. The lowest BCUT2D eigenvalue weighted by atomic mass is 10.3. The van der Waals surface area contributed by atoms with Crippen LogP contribution in [0.4, 0.5) is 10.5 Å². The van der Waals surface area contributed by atoms with Gasteiger partial charge < -0.3 is 16.0 Å². The summed E-state index contributed by atoms with van der Waals surface area (Å²) in [6.45, 7) is 0.674. The van der Waals surface area contributed by atoms with Crippen molar-refractivity contribution in [3.8, 4) is 0 Å². The largest absolute Gasteiger partial charge is 0.338 e. The first-order valence-electron chi connectivity index (χ1n) is 6.97. The maximum atomic E-state index is 11.7. The lowest BCUT2D eigenvalue weighted by Crippen LogP contribution is -2.36. The van der Waals surface area contributed by atoms with Crippen molar-refractivity contribution in [3.63, 3.8) is 0 Å². The summed E-state index contributed by atoms with van der Waals surface area (Å²) in [6, 6.07) is 8.89. The number of carbonyl (C=O) groups is 2. The number of anilines is 1. The van der Waals surface area contributed by atoms with Gasteiger partial charge in [-0.25, -0.2) is 4.79 Å². The minimum absolute atomic E-state index is 0.140. The number of aromatic nitrogens is 2. The van der Waals surface area contributed by atoms with Crippen LogP contribution in [-0.2, 0) is 18.4 Å². The number of nitrogens with one attached hydrogen (secondary N) is 3. The molecule has 0 saturated heterocycles. The highest BCUT2D eigenvalue weighted by Crippen LogP contribution is 2.04. The van der Waals surface area contributed by atoms with Crippen LogP contribution >= 0.6 is 0 Å². The number of hydrogen-bond donors (Lipinski definition) is 3. The molecule has 7 nitrogen and oxygen atoms in total. The van der Waals surface area contributed by atoms with Gasteiger partial charge in [0, 0.05) is 44.0 Å². The molecule has 116 valence electrons. The smallest absolute Gasteiger partial charge is 0.315 e. The van der Waals surface area contributed by atoms with E-state index < -0.39 is 0 Å². The Hall–Kier alpha value is -2.83. The summed E-state index contributed by atoms with van der Waals surface area (Å²) in [5.41, 5.74) is 1.66. The van der Waals surface area contributed by atoms with Gasteiger partial charge in [-0.2, -0.15) is 5.10 Å². The number of aryl methyl sites for hydroxylation is 1. The number of amides is 3. The molecule has 0 spiro atoms. The van der Waals surface area contributed by atoms with Crippen LogP contribution < -0.4 is 16.0 Å². The molecule has 2 aromatic rings. The van der Waals surface area contributed by atoms with Crippen LogP contribution in [0.2, 0.25) is 0 Å². The standard InChI is InChI=1S/C15H19N5O2/c1-20-11-12(10-18-20)9-17-15(22)16-8-7-14(21)19-13-5-3-2-4-6-13/h2-6,10-11H,7-9H2,1H3,(H,19,21)(H2,16,17,22). The predicted molar refractivity (Wildman–Crippen MR) is 83.1 cm³/mol. The third-order valence-corrected chi connectivity index (χ3v) is 2.91. The van der Waals surface area contributed by atoms with E-state index in [9.17, 15) is 9.59 Å². The molecule has 3 N–H and O–H groups in total. The summed E-state index contributed by atoms with van der Waals surface area (Å²) >= 11 is 0. The number of urea groups is 1. The fourth-order valence-corrected chi connectivity index (χ4v) is 1.84. The van der Waals surface area contributed by atoms with E-state index in [1.807, 2.05) is 43.6 Å². The quantitative estimate of drug-likeness (QED) is 0.750. The van der Waals surface area contributed by atoms with Crippen LogP contribution in [-0.4, -0.2) is 28.3 Å². The van der Waals surface area contributed by atoms with Gasteiger partial charge in [0.1, 0.15) is 0 Å². The first-order valence-corrected chi connectivity index (χ1v) is 6.97. The van der Waals surface area contributed by atoms with Gasteiger partial charge in [0.2, 0.25) is 5.91 Å². The SMILES string of the molecule is Cn1cc(CNC(=O)NCCC(=O)Nc2ccccc2)cn1. The van der Waals surface area contributed by atoms with Crippen molar-refractivity contribution in [1.82, 2.24) is 20.4 Å². The first kappa shape index (κ1) is 15.6. The van der Waals surface area contributed by atoms with Crippen molar-refractivity contribution < 1.29 is 9.59 Å². The van der Waals surface area contributed by atoms with Crippen molar-refractivity contribution >= 4 is 17.6 Å². The summed E-state index contributed by atoms with van der Waals surface area (Å²) in [5.74, 6) is -0.140. The van der Waals surface area contributed by atoms with E-state index in [1.165, 1.54) is 0 Å². The number of benzene rings is 1. The second-order valence-electron chi connectivity index (χ2n) is 4.80. The fourth-order valence-electron chi connectivity index (χ4n) is 1.84. The second-order valence-corrected chi connectivity index (χ2v) is 4.80. The monoisotopic (exact) mass is 301 g/mol. The van der Waals surface area contributed by atoms with Gasteiger partial charge in [0.05, 0.1) is 6.20 Å². The molecule has 0 fully saturated rings. The topological polar surface area (TPSA) is 88.0 Å². The van der Waals surface area contributed by atoms with Crippen LogP contribution in [0.1, 0.15) is 12.0 Å². The Kier molecular flexibility index (Phi) is 5.53. The van der Waals surface area contributed by atoms with Crippen LogP contribution in [0.25, 0.3) is 0 Å². The van der Waals surface area contributed by atoms with Crippen LogP contribution in [0.3, 0.4) is 0 Å². The molecule has 2 rings (SSSR count). The Labute approximate surface area is 128 Å². The zero-order valence-corrected chi connectivity index (χ0v) is 12.4. The maximum Gasteiger partial charge on any atom is 0.315 e. The molecule has 0 bridgehead atoms. The van der Waals surface area contributed by atoms with Gasteiger partial charge in [-0.3, -0.25) is 9.48 Å². The minimum atomic E-state index is -0.309. The van der Waals surface area contributed by atoms with Crippen molar-refractivity contribution in [2.45, 2.75) is 13.0 Å². The van der Waals surface area contributed by atoms with E-state index in [0.29, 0.717) is 6.54 Å². The zero-order valence-electron chi connectivity index (χ0n) is 12.4. The van der Waals surface area contributed by atoms with Crippen LogP contribution in [0, 0.1) is 0 Å². The van der Waals surface area contributed by atoms with Crippen LogP contribution in [0.5, 0.6) is 0 Å². The molecule has 1 aromatic heterocycles. The molecule has 3 amide bonds. The summed E-state index contributed by atoms with van der Waals surface area (Å²) < 4.78 is 1.67. The lowest BCUT2D eigenvalue weighted by Gasteiger charge is -2.07. The van der Waals surface area contributed by atoms with Crippen molar-refractivity contribution in [3.05, 3.63) is 48.3 Å². The predicted octanol–water partition coefficient (Wildman–Crippen LogP) is 1.25. The van der Waals surface area contributed by atoms with Gasteiger partial charge in [0.15, 0.2) is 0 Å². The van der Waals surface area contributed by atoms with Crippen LogP contribution in [0.15, 0.2) is 42.7 Å². The van der Waals surface area contributed by atoms with E-state index in [1.54, 1.807) is 10.9 Å². The van der Waals surface area contributed by atoms with E-state index in [2.05, 4.69) is 21.0 Å². The second kappa shape index (κ2) is 7.82. The van der Waals surface area contributed by atoms with Gasteiger partial charge in [-0.1, -0.05) is 18.2 Å². The van der Waals surface area contributed by atoms with Gasteiger partial charge in [0.25, 0.3) is 0 Å². The Morgan fingerprint density at radius 3 is 2.64 bits per heavy atom. The minimum Gasteiger partial charge on any atom is -0.338 e. The molecule has 0 aliphatic heterocycles. The normalized spacial score (nSPS) is 10.0. The van der Waals surface area contributed by atoms with Crippen molar-refractivity contribution in [2.75, 3.05) is 11.9 Å². The number of nitrogens with zero attached hydrogens (tertiary/aromatic N) is 2. The van der Waals surface area contributed by atoms with E-state index in [4.69, 9.17) is 0 Å². The first-order chi connectivity index (χ1) is 10.6. The molecule has 0 unspecified atom stereocenters. The Bertz CT molecular complexity index is 624. The molecule has 0 aliphatic rings. The van der Waals surface area contributed by atoms with E-state index in [0.717, 1.165) is 11.3 Å². The summed E-state index contributed by atoms with van der Waals surface area (Å²) in [4.78, 5) is 23.3. The molecule has 0 saturated carbocycles.